The summed E-state index contributed by atoms with van der Waals surface area (Å²) in [5.41, 5.74) is 7.99. The largest absolute Gasteiger partial charge is 0.313 e. The van der Waals surface area contributed by atoms with E-state index in [-0.39, 0.29) is 11.8 Å². The molecule has 196 valence electrons. The monoisotopic (exact) mass is 582 g/mol. The van der Waals surface area contributed by atoms with E-state index in [1.54, 1.807) is 0 Å². The lowest BCUT2D eigenvalue weighted by molar-refractivity contribution is 0.467. The molecule has 0 spiro atoms. The van der Waals surface area contributed by atoms with Crippen molar-refractivity contribution in [1.29, 1.82) is 0 Å². The molecule has 38 heavy (non-hydrogen) atoms. The van der Waals surface area contributed by atoms with Crippen molar-refractivity contribution in [2.45, 2.75) is 49.6 Å². The van der Waals surface area contributed by atoms with Gasteiger partial charge in [0.05, 0.1) is 20.1 Å². The number of benzene rings is 4. The molecule has 0 amide bonds. The van der Waals surface area contributed by atoms with Crippen LogP contribution in [0.2, 0.25) is 20.1 Å². The third-order valence-corrected chi connectivity index (χ3v) is 10.1. The first-order valence-corrected chi connectivity index (χ1v) is 14.8. The number of nitrogens with one attached hydrogen (secondary N) is 2. The summed E-state index contributed by atoms with van der Waals surface area (Å²) >= 11 is 25.7. The zero-order chi connectivity index (χ0) is 26.6. The average Bonchev–Trinajstić information content (AvgIpc) is 2.94. The lowest BCUT2D eigenvalue weighted by Gasteiger charge is -2.38. The smallest absolute Gasteiger partial charge is 0.0595 e. The fourth-order valence-corrected chi connectivity index (χ4v) is 7.47. The first-order valence-electron chi connectivity index (χ1n) is 13.2. The van der Waals surface area contributed by atoms with Crippen LogP contribution in [0, 0.1) is 0 Å². The Morgan fingerprint density at radius 2 is 1.00 bits per heavy atom. The van der Waals surface area contributed by atoms with Gasteiger partial charge in [0.25, 0.3) is 0 Å². The SMILES string of the molecule is CN[C@H]1CC[C@@H](c2ccc(Cl)c(Cl)c2)c2c1ccc1ccc3c(c21)[C@H](c1ccc(Cl)c(Cl)c1)CC[C@@H]3NC. The Balaban J connectivity index is 1.67. The van der Waals surface area contributed by atoms with Gasteiger partial charge in [-0.05, 0) is 108 Å². The van der Waals surface area contributed by atoms with Gasteiger partial charge in [0.2, 0.25) is 0 Å². The zero-order valence-corrected chi connectivity index (χ0v) is 24.4. The number of hydrogen-bond donors (Lipinski definition) is 2. The molecule has 0 radical (unpaired) electrons. The molecule has 2 aliphatic rings. The van der Waals surface area contributed by atoms with Crippen molar-refractivity contribution in [2.75, 3.05) is 14.1 Å². The molecule has 0 aromatic heterocycles. The van der Waals surface area contributed by atoms with Gasteiger partial charge in [0, 0.05) is 23.9 Å². The Bertz CT molecular complexity index is 1420. The van der Waals surface area contributed by atoms with Gasteiger partial charge in [0.1, 0.15) is 0 Å². The third kappa shape index (κ3) is 4.44. The van der Waals surface area contributed by atoms with Crippen LogP contribution in [0.3, 0.4) is 0 Å². The molecule has 0 heterocycles. The minimum atomic E-state index is 0.226. The molecule has 6 heteroatoms. The lowest BCUT2D eigenvalue weighted by Crippen LogP contribution is -2.27. The van der Waals surface area contributed by atoms with E-state index in [0.717, 1.165) is 25.7 Å². The molecular formula is C32H30Cl4N2. The molecule has 4 aromatic rings. The van der Waals surface area contributed by atoms with Gasteiger partial charge in [-0.15, -0.1) is 0 Å². The van der Waals surface area contributed by atoms with E-state index in [2.05, 4.69) is 73.3 Å². The van der Waals surface area contributed by atoms with Crippen LogP contribution < -0.4 is 10.6 Å². The van der Waals surface area contributed by atoms with Gasteiger partial charge < -0.3 is 10.6 Å². The minimum Gasteiger partial charge on any atom is -0.313 e. The fraction of sp³-hybridized carbons (Fsp3) is 0.312. The van der Waals surface area contributed by atoms with Crippen molar-refractivity contribution < 1.29 is 0 Å². The van der Waals surface area contributed by atoms with Crippen LogP contribution in [0.5, 0.6) is 0 Å². The third-order valence-electron chi connectivity index (χ3n) is 8.66. The van der Waals surface area contributed by atoms with E-state index >= 15 is 0 Å². The summed E-state index contributed by atoms with van der Waals surface area (Å²) in [4.78, 5) is 0. The Morgan fingerprint density at radius 3 is 1.39 bits per heavy atom. The lowest BCUT2D eigenvalue weighted by atomic mass is 9.69. The summed E-state index contributed by atoms with van der Waals surface area (Å²) in [7, 11) is 4.13. The van der Waals surface area contributed by atoms with Crippen LogP contribution in [0.1, 0.15) is 83.0 Å². The molecule has 0 bridgehead atoms. The second-order valence-corrected chi connectivity index (χ2v) is 12.2. The van der Waals surface area contributed by atoms with Crippen molar-refractivity contribution in [3.05, 3.63) is 114 Å². The molecule has 0 saturated carbocycles. The first kappa shape index (κ1) is 26.4. The van der Waals surface area contributed by atoms with Gasteiger partial charge in [-0.25, -0.2) is 0 Å². The number of halogens is 4. The van der Waals surface area contributed by atoms with Gasteiger partial charge in [-0.1, -0.05) is 82.8 Å². The van der Waals surface area contributed by atoms with Crippen molar-refractivity contribution >= 4 is 57.2 Å². The van der Waals surface area contributed by atoms with E-state index < -0.39 is 0 Å². The number of rotatable bonds is 4. The molecule has 0 aliphatic heterocycles. The van der Waals surface area contributed by atoms with Crippen molar-refractivity contribution in [3.8, 4) is 0 Å². The highest BCUT2D eigenvalue weighted by atomic mass is 35.5. The van der Waals surface area contributed by atoms with Crippen LogP contribution in [-0.4, -0.2) is 14.1 Å². The van der Waals surface area contributed by atoms with E-state index in [4.69, 9.17) is 46.4 Å². The van der Waals surface area contributed by atoms with Gasteiger partial charge >= 0.3 is 0 Å². The van der Waals surface area contributed by atoms with Gasteiger partial charge in [-0.3, -0.25) is 0 Å². The van der Waals surface area contributed by atoms with Gasteiger partial charge in [-0.2, -0.15) is 0 Å². The predicted molar refractivity (Wildman–Crippen MR) is 163 cm³/mol. The van der Waals surface area contributed by atoms with Crippen LogP contribution in [-0.2, 0) is 0 Å². The molecule has 0 saturated heterocycles. The second-order valence-electron chi connectivity index (χ2n) is 10.5. The Morgan fingerprint density at radius 1 is 0.553 bits per heavy atom. The predicted octanol–water partition coefficient (Wildman–Crippen LogP) is 9.83. The average molecular weight is 584 g/mol. The maximum absolute atomic E-state index is 6.54. The maximum Gasteiger partial charge on any atom is 0.0595 e. The van der Waals surface area contributed by atoms with E-state index in [1.807, 2.05) is 12.1 Å². The molecule has 4 atom stereocenters. The summed E-state index contributed by atoms with van der Waals surface area (Å²) in [5, 5.41) is 12.2. The molecule has 2 aliphatic carbocycles. The number of fused-ring (bicyclic) bond motifs is 5. The highest BCUT2D eigenvalue weighted by Crippen LogP contribution is 2.51. The molecule has 2 nitrogen and oxygen atoms in total. The van der Waals surface area contributed by atoms with Crippen molar-refractivity contribution in [2.24, 2.45) is 0 Å². The first-order chi connectivity index (χ1) is 18.4. The quantitative estimate of drug-likeness (QED) is 0.250. The normalized spacial score (nSPS) is 22.8. The standard InChI is InChI=1S/C32H30Cl4N2/c1-37-28-13-9-20(18-5-11-24(33)26(35)15-18)31-22(28)7-3-17-4-8-23-29(38-2)14-10-21(32(23)30(17)31)19-6-12-25(34)27(36)16-19/h3-8,11-12,15-16,20-21,28-29,37-38H,9-10,13-14H2,1-2H3/t20-,21-,28-,29-/m0/s1. The van der Waals surface area contributed by atoms with E-state index in [0.29, 0.717) is 32.2 Å². The molecule has 2 N–H and O–H groups in total. The van der Waals surface area contributed by atoms with Crippen molar-refractivity contribution in [1.82, 2.24) is 10.6 Å². The topological polar surface area (TPSA) is 24.1 Å². The van der Waals surface area contributed by atoms with Crippen LogP contribution in [0.25, 0.3) is 10.8 Å². The van der Waals surface area contributed by atoms with E-state index in [1.165, 1.54) is 44.2 Å². The summed E-state index contributed by atoms with van der Waals surface area (Å²) in [6.07, 6.45) is 4.19. The van der Waals surface area contributed by atoms with Crippen LogP contribution in [0.15, 0.2) is 60.7 Å². The Hall–Kier alpha value is -1.78. The highest BCUT2D eigenvalue weighted by Gasteiger charge is 2.35. The molecular weight excluding hydrogens is 554 g/mol. The molecule has 4 aromatic carbocycles. The summed E-state index contributed by atoms with van der Waals surface area (Å²) < 4.78 is 0. The van der Waals surface area contributed by atoms with Gasteiger partial charge in [0.15, 0.2) is 0 Å². The molecule has 0 unspecified atom stereocenters. The molecule has 0 fully saturated rings. The molecule has 6 rings (SSSR count). The second kappa shape index (κ2) is 10.7. The summed E-state index contributed by atoms with van der Waals surface area (Å²) in [5.74, 6) is 0.452. The van der Waals surface area contributed by atoms with Crippen LogP contribution in [0.4, 0.5) is 0 Å². The zero-order valence-electron chi connectivity index (χ0n) is 21.4. The number of hydrogen-bond acceptors (Lipinski definition) is 2. The summed E-state index contributed by atoms with van der Waals surface area (Å²) in [6, 6.07) is 22.1. The fourth-order valence-electron chi connectivity index (χ4n) is 6.86. The van der Waals surface area contributed by atoms with Crippen molar-refractivity contribution in [3.63, 3.8) is 0 Å². The maximum atomic E-state index is 6.54. The summed E-state index contributed by atoms with van der Waals surface area (Å²) in [6.45, 7) is 0. The van der Waals surface area contributed by atoms with Crippen LogP contribution >= 0.6 is 46.4 Å². The Labute approximate surface area is 244 Å². The highest BCUT2D eigenvalue weighted by molar-refractivity contribution is 6.42. The van der Waals surface area contributed by atoms with E-state index in [9.17, 15) is 0 Å². The Kier molecular flexibility index (Phi) is 7.41. The minimum absolute atomic E-state index is 0.226.